The molecular formula is C16H13ClN2O2. The fourth-order valence-electron chi connectivity index (χ4n) is 1.65. The summed E-state index contributed by atoms with van der Waals surface area (Å²) in [5, 5.41) is 11.8. The van der Waals surface area contributed by atoms with E-state index in [1.807, 2.05) is 13.0 Å². The van der Waals surface area contributed by atoms with Crippen LogP contribution in [0.1, 0.15) is 21.6 Å². The van der Waals surface area contributed by atoms with Gasteiger partial charge in [0.2, 0.25) is 0 Å². The Morgan fingerprint density at radius 1 is 1.38 bits per heavy atom. The first-order valence-corrected chi connectivity index (χ1v) is 6.61. The van der Waals surface area contributed by atoms with Gasteiger partial charge >= 0.3 is 0 Å². The molecule has 0 spiro atoms. The van der Waals surface area contributed by atoms with Gasteiger partial charge in [-0.1, -0.05) is 29.5 Å². The maximum atomic E-state index is 12.1. The lowest BCUT2D eigenvalue weighted by molar-refractivity contribution is 0.102. The standard InChI is InChI=1S/C16H13ClN2O2/c1-11-4-6-14(13(17)9-11)19-16(21)15-7-5-12(10-18-15)3-2-8-20/h4-7,9-10,20H,8H2,1H3,(H,19,21). The fourth-order valence-corrected chi connectivity index (χ4v) is 1.93. The lowest BCUT2D eigenvalue weighted by atomic mass is 10.2. The first kappa shape index (κ1) is 15.0. The summed E-state index contributed by atoms with van der Waals surface area (Å²) in [6, 6.07) is 8.62. The number of aliphatic hydroxyl groups excluding tert-OH is 1. The molecule has 1 heterocycles. The van der Waals surface area contributed by atoms with Gasteiger partial charge in [0.15, 0.2) is 0 Å². The molecule has 2 rings (SSSR count). The van der Waals surface area contributed by atoms with E-state index in [9.17, 15) is 4.79 Å². The predicted molar refractivity (Wildman–Crippen MR) is 82.3 cm³/mol. The van der Waals surface area contributed by atoms with E-state index in [2.05, 4.69) is 22.1 Å². The summed E-state index contributed by atoms with van der Waals surface area (Å²) in [5.74, 6) is 4.88. The highest BCUT2D eigenvalue weighted by Gasteiger charge is 2.09. The zero-order valence-electron chi connectivity index (χ0n) is 11.4. The lowest BCUT2D eigenvalue weighted by Gasteiger charge is -2.07. The summed E-state index contributed by atoms with van der Waals surface area (Å²) in [6.07, 6.45) is 1.48. The van der Waals surface area contributed by atoms with Crippen LogP contribution in [0.25, 0.3) is 0 Å². The highest BCUT2D eigenvalue weighted by molar-refractivity contribution is 6.34. The number of carbonyl (C=O) groups excluding carboxylic acids is 1. The zero-order chi connectivity index (χ0) is 15.2. The number of amides is 1. The Labute approximate surface area is 127 Å². The summed E-state index contributed by atoms with van der Waals surface area (Å²) < 4.78 is 0. The van der Waals surface area contributed by atoms with Gasteiger partial charge in [-0.25, -0.2) is 4.98 Å². The van der Waals surface area contributed by atoms with Gasteiger partial charge in [-0.15, -0.1) is 0 Å². The van der Waals surface area contributed by atoms with Gasteiger partial charge in [0.25, 0.3) is 5.91 Å². The topological polar surface area (TPSA) is 62.2 Å². The maximum absolute atomic E-state index is 12.1. The number of carbonyl (C=O) groups is 1. The largest absolute Gasteiger partial charge is 0.384 e. The van der Waals surface area contributed by atoms with Crippen LogP contribution in [0.15, 0.2) is 36.5 Å². The highest BCUT2D eigenvalue weighted by atomic mass is 35.5. The Balaban J connectivity index is 2.13. The number of anilines is 1. The molecule has 1 aromatic carbocycles. The van der Waals surface area contributed by atoms with E-state index < -0.39 is 0 Å². The molecule has 0 aliphatic carbocycles. The Bertz CT molecular complexity index is 715. The second kappa shape index (κ2) is 6.89. The Hall–Kier alpha value is -2.35. The van der Waals surface area contributed by atoms with Gasteiger partial charge in [-0.05, 0) is 36.8 Å². The predicted octanol–water partition coefficient (Wildman–Crippen LogP) is 2.64. The number of hydrogen-bond donors (Lipinski definition) is 2. The van der Waals surface area contributed by atoms with Crippen molar-refractivity contribution in [1.82, 2.24) is 4.98 Å². The third-order valence-electron chi connectivity index (χ3n) is 2.68. The van der Waals surface area contributed by atoms with Crippen LogP contribution in [0.4, 0.5) is 5.69 Å². The van der Waals surface area contributed by atoms with Crippen LogP contribution in [0.3, 0.4) is 0 Å². The van der Waals surface area contributed by atoms with Crippen LogP contribution in [0.2, 0.25) is 5.02 Å². The molecule has 0 aliphatic rings. The van der Waals surface area contributed by atoms with Crippen molar-refractivity contribution in [3.05, 3.63) is 58.4 Å². The number of pyridine rings is 1. The molecular weight excluding hydrogens is 288 g/mol. The molecule has 0 bridgehead atoms. The SMILES string of the molecule is Cc1ccc(NC(=O)c2ccc(C#CCO)cn2)c(Cl)c1. The second-order valence-electron chi connectivity index (χ2n) is 4.33. The molecule has 0 unspecified atom stereocenters. The molecule has 0 fully saturated rings. The van der Waals surface area contributed by atoms with Gasteiger partial charge in [0.1, 0.15) is 12.3 Å². The van der Waals surface area contributed by atoms with E-state index in [4.69, 9.17) is 16.7 Å². The molecule has 1 amide bonds. The number of aryl methyl sites for hydroxylation is 1. The lowest BCUT2D eigenvalue weighted by Crippen LogP contribution is -2.13. The molecule has 0 radical (unpaired) electrons. The Morgan fingerprint density at radius 3 is 2.81 bits per heavy atom. The van der Waals surface area contributed by atoms with Crippen LogP contribution in [-0.2, 0) is 0 Å². The smallest absolute Gasteiger partial charge is 0.274 e. The number of aromatic nitrogens is 1. The van der Waals surface area contributed by atoms with E-state index in [-0.39, 0.29) is 18.2 Å². The molecule has 5 heteroatoms. The Morgan fingerprint density at radius 2 is 2.19 bits per heavy atom. The van der Waals surface area contributed by atoms with Gasteiger partial charge in [0, 0.05) is 11.8 Å². The van der Waals surface area contributed by atoms with Crippen molar-refractivity contribution in [3.63, 3.8) is 0 Å². The minimum atomic E-state index is -0.345. The van der Waals surface area contributed by atoms with Crippen molar-refractivity contribution in [2.24, 2.45) is 0 Å². The molecule has 4 nitrogen and oxygen atoms in total. The molecule has 1 aromatic heterocycles. The van der Waals surface area contributed by atoms with Gasteiger partial charge in [0.05, 0.1) is 10.7 Å². The first-order chi connectivity index (χ1) is 10.1. The second-order valence-corrected chi connectivity index (χ2v) is 4.74. The molecule has 0 saturated heterocycles. The Kier molecular flexibility index (Phi) is 4.94. The number of halogens is 1. The number of benzene rings is 1. The van der Waals surface area contributed by atoms with Crippen molar-refractivity contribution < 1.29 is 9.90 Å². The van der Waals surface area contributed by atoms with Crippen LogP contribution >= 0.6 is 11.6 Å². The van der Waals surface area contributed by atoms with E-state index >= 15 is 0 Å². The van der Waals surface area contributed by atoms with Crippen LogP contribution < -0.4 is 5.32 Å². The zero-order valence-corrected chi connectivity index (χ0v) is 12.1. The van der Waals surface area contributed by atoms with E-state index in [1.165, 1.54) is 6.20 Å². The van der Waals surface area contributed by atoms with Crippen molar-refractivity contribution in [2.45, 2.75) is 6.92 Å². The molecule has 0 atom stereocenters. The summed E-state index contributed by atoms with van der Waals surface area (Å²) >= 11 is 6.07. The van der Waals surface area contributed by atoms with E-state index in [0.717, 1.165) is 5.56 Å². The molecule has 2 aromatic rings. The molecule has 0 saturated carbocycles. The van der Waals surface area contributed by atoms with Gasteiger partial charge in [-0.3, -0.25) is 4.79 Å². The molecule has 106 valence electrons. The number of nitrogens with one attached hydrogen (secondary N) is 1. The summed E-state index contributed by atoms with van der Waals surface area (Å²) in [6.45, 7) is 1.71. The van der Waals surface area contributed by atoms with E-state index in [1.54, 1.807) is 24.3 Å². The summed E-state index contributed by atoms with van der Waals surface area (Å²) in [5.41, 5.74) is 2.45. The van der Waals surface area contributed by atoms with Crippen molar-refractivity contribution >= 4 is 23.2 Å². The maximum Gasteiger partial charge on any atom is 0.274 e. The number of aliphatic hydroxyl groups is 1. The monoisotopic (exact) mass is 300 g/mol. The minimum absolute atomic E-state index is 0.214. The molecule has 2 N–H and O–H groups in total. The number of hydrogen-bond acceptors (Lipinski definition) is 3. The average Bonchev–Trinajstić information content (AvgIpc) is 2.48. The third-order valence-corrected chi connectivity index (χ3v) is 2.99. The van der Waals surface area contributed by atoms with Crippen molar-refractivity contribution in [2.75, 3.05) is 11.9 Å². The van der Waals surface area contributed by atoms with E-state index in [0.29, 0.717) is 16.3 Å². The van der Waals surface area contributed by atoms with Crippen molar-refractivity contribution in [1.29, 1.82) is 0 Å². The van der Waals surface area contributed by atoms with Crippen molar-refractivity contribution in [3.8, 4) is 11.8 Å². The number of nitrogens with zero attached hydrogens (tertiary/aromatic N) is 1. The quantitative estimate of drug-likeness (QED) is 0.838. The van der Waals surface area contributed by atoms with Gasteiger partial charge < -0.3 is 10.4 Å². The van der Waals surface area contributed by atoms with Crippen LogP contribution in [0.5, 0.6) is 0 Å². The first-order valence-electron chi connectivity index (χ1n) is 6.23. The highest BCUT2D eigenvalue weighted by Crippen LogP contribution is 2.23. The number of rotatable bonds is 2. The molecule has 21 heavy (non-hydrogen) atoms. The van der Waals surface area contributed by atoms with Crippen LogP contribution in [0, 0.1) is 18.8 Å². The average molecular weight is 301 g/mol. The summed E-state index contributed by atoms with van der Waals surface area (Å²) in [4.78, 5) is 16.1. The fraction of sp³-hybridized carbons (Fsp3) is 0.125. The van der Waals surface area contributed by atoms with Crippen LogP contribution in [-0.4, -0.2) is 22.6 Å². The molecule has 0 aliphatic heterocycles. The third kappa shape index (κ3) is 4.06. The normalized spacial score (nSPS) is 9.67. The van der Waals surface area contributed by atoms with Gasteiger partial charge in [-0.2, -0.15) is 0 Å². The summed E-state index contributed by atoms with van der Waals surface area (Å²) in [7, 11) is 0. The minimum Gasteiger partial charge on any atom is -0.384 e.